The molecule has 0 saturated carbocycles. The highest BCUT2D eigenvalue weighted by molar-refractivity contribution is 5.19. The molecule has 6 heteroatoms. The molecule has 0 unspecified atom stereocenters. The molecule has 2 aromatic carbocycles. The van der Waals surface area contributed by atoms with Gasteiger partial charge < -0.3 is 14.3 Å². The van der Waals surface area contributed by atoms with Gasteiger partial charge >= 0.3 is 0 Å². The summed E-state index contributed by atoms with van der Waals surface area (Å²) in [6.45, 7) is 1.44. The normalized spacial score (nSPS) is 12.4. The van der Waals surface area contributed by atoms with Gasteiger partial charge in [0, 0.05) is 31.3 Å². The molecule has 28 heavy (non-hydrogen) atoms. The van der Waals surface area contributed by atoms with E-state index in [1.54, 1.807) is 18.4 Å². The topological polar surface area (TPSA) is 45.8 Å². The number of ether oxygens (including phenoxy) is 1. The van der Waals surface area contributed by atoms with Crippen LogP contribution >= 0.6 is 0 Å². The second-order valence-corrected chi connectivity index (χ2v) is 6.64. The lowest BCUT2D eigenvalue weighted by molar-refractivity contribution is 0.00238. The molecule has 0 fully saturated rings. The lowest BCUT2D eigenvalue weighted by atomic mass is 10.1. The average molecular weight is 387 g/mol. The van der Waals surface area contributed by atoms with Crippen molar-refractivity contribution in [3.63, 3.8) is 0 Å². The highest BCUT2D eigenvalue weighted by atomic mass is 19.1. The zero-order chi connectivity index (χ0) is 19.8. The second kappa shape index (κ2) is 10.1. The van der Waals surface area contributed by atoms with Gasteiger partial charge in [0.25, 0.3) is 0 Å². The van der Waals surface area contributed by atoms with E-state index in [2.05, 4.69) is 0 Å². The molecule has 0 radical (unpaired) electrons. The van der Waals surface area contributed by atoms with E-state index in [9.17, 15) is 13.9 Å². The number of aliphatic hydroxyl groups is 1. The van der Waals surface area contributed by atoms with Crippen LogP contribution in [-0.2, 0) is 24.4 Å². The Morgan fingerprint density at radius 1 is 1.00 bits per heavy atom. The molecule has 4 nitrogen and oxygen atoms in total. The van der Waals surface area contributed by atoms with Gasteiger partial charge in [0.15, 0.2) is 0 Å². The standard InChI is InChI=1S/C22H23F2NO3/c23-19-9-8-18(22(24)11-19)13-25(12-17-5-2-1-3-6-17)14-20(26)15-27-16-21-7-4-10-28-21/h1-11,20,26H,12-16H2/t20-/m1/s1. The molecule has 0 spiro atoms. The highest BCUT2D eigenvalue weighted by Gasteiger charge is 2.16. The van der Waals surface area contributed by atoms with Crippen LogP contribution in [0.3, 0.4) is 0 Å². The maximum absolute atomic E-state index is 14.1. The largest absolute Gasteiger partial charge is 0.467 e. The van der Waals surface area contributed by atoms with Gasteiger partial charge in [0.2, 0.25) is 0 Å². The van der Waals surface area contributed by atoms with Gasteiger partial charge in [-0.25, -0.2) is 8.78 Å². The molecular weight excluding hydrogens is 364 g/mol. The predicted octanol–water partition coefficient (Wildman–Crippen LogP) is 4.14. The Morgan fingerprint density at radius 3 is 2.54 bits per heavy atom. The van der Waals surface area contributed by atoms with E-state index in [1.165, 1.54) is 12.1 Å². The molecule has 0 bridgehead atoms. The van der Waals surface area contributed by atoms with Crippen molar-refractivity contribution in [2.75, 3.05) is 13.2 Å². The molecular formula is C22H23F2NO3. The van der Waals surface area contributed by atoms with Crippen LogP contribution in [0.1, 0.15) is 16.9 Å². The van der Waals surface area contributed by atoms with Crippen molar-refractivity contribution < 1.29 is 23.0 Å². The van der Waals surface area contributed by atoms with E-state index < -0.39 is 17.7 Å². The second-order valence-electron chi connectivity index (χ2n) is 6.64. The summed E-state index contributed by atoms with van der Waals surface area (Å²) in [7, 11) is 0. The van der Waals surface area contributed by atoms with Crippen LogP contribution in [0, 0.1) is 11.6 Å². The van der Waals surface area contributed by atoms with Crippen LogP contribution < -0.4 is 0 Å². The van der Waals surface area contributed by atoms with Gasteiger partial charge in [-0.1, -0.05) is 36.4 Å². The molecule has 0 amide bonds. The molecule has 0 aliphatic carbocycles. The lowest BCUT2D eigenvalue weighted by Crippen LogP contribution is -2.34. The Labute approximate surface area is 163 Å². The van der Waals surface area contributed by atoms with Crippen molar-refractivity contribution in [3.8, 4) is 0 Å². The highest BCUT2D eigenvalue weighted by Crippen LogP contribution is 2.15. The summed E-state index contributed by atoms with van der Waals surface area (Å²) in [4.78, 5) is 1.91. The van der Waals surface area contributed by atoms with Crippen molar-refractivity contribution >= 4 is 0 Å². The van der Waals surface area contributed by atoms with Crippen molar-refractivity contribution in [2.24, 2.45) is 0 Å². The molecule has 0 aliphatic rings. The third-order valence-corrected chi connectivity index (χ3v) is 4.26. The van der Waals surface area contributed by atoms with Crippen LogP contribution in [0.5, 0.6) is 0 Å². The maximum Gasteiger partial charge on any atom is 0.130 e. The smallest absolute Gasteiger partial charge is 0.130 e. The number of benzene rings is 2. The fourth-order valence-corrected chi connectivity index (χ4v) is 2.96. The van der Waals surface area contributed by atoms with Gasteiger partial charge in [-0.05, 0) is 23.8 Å². The summed E-state index contributed by atoms with van der Waals surface area (Å²) in [6.07, 6.45) is 0.802. The van der Waals surface area contributed by atoms with Gasteiger partial charge in [-0.2, -0.15) is 0 Å². The molecule has 1 heterocycles. The summed E-state index contributed by atoms with van der Waals surface area (Å²) in [5, 5.41) is 10.4. The fourth-order valence-electron chi connectivity index (χ4n) is 2.96. The molecule has 1 N–H and O–H groups in total. The molecule has 0 aliphatic heterocycles. The number of furan rings is 1. The summed E-state index contributed by atoms with van der Waals surface area (Å²) < 4.78 is 37.9. The van der Waals surface area contributed by atoms with Crippen LogP contribution in [0.2, 0.25) is 0 Å². The maximum atomic E-state index is 14.1. The first kappa shape index (κ1) is 20.2. The van der Waals surface area contributed by atoms with E-state index in [-0.39, 0.29) is 26.3 Å². The number of hydrogen-bond donors (Lipinski definition) is 1. The molecule has 1 atom stereocenters. The van der Waals surface area contributed by atoms with Gasteiger partial charge in [-0.15, -0.1) is 0 Å². The lowest BCUT2D eigenvalue weighted by Gasteiger charge is -2.25. The number of aliphatic hydroxyl groups excluding tert-OH is 1. The minimum Gasteiger partial charge on any atom is -0.467 e. The zero-order valence-electron chi connectivity index (χ0n) is 15.4. The quantitative estimate of drug-likeness (QED) is 0.568. The van der Waals surface area contributed by atoms with Crippen LogP contribution in [-0.4, -0.2) is 29.3 Å². The minimum absolute atomic E-state index is 0.123. The molecule has 3 rings (SSSR count). The Hall–Kier alpha value is -2.54. The summed E-state index contributed by atoms with van der Waals surface area (Å²) >= 11 is 0. The van der Waals surface area contributed by atoms with E-state index in [0.717, 1.165) is 11.6 Å². The fraction of sp³-hybridized carbons (Fsp3) is 0.273. The minimum atomic E-state index is -0.762. The Kier molecular flexibility index (Phi) is 7.31. The predicted molar refractivity (Wildman–Crippen MR) is 101 cm³/mol. The van der Waals surface area contributed by atoms with Gasteiger partial charge in [0.05, 0.1) is 19.0 Å². The SMILES string of the molecule is O[C@@H](COCc1ccco1)CN(Cc1ccccc1)Cc1ccc(F)cc1F. The van der Waals surface area contributed by atoms with E-state index >= 15 is 0 Å². The Morgan fingerprint density at radius 2 is 1.82 bits per heavy atom. The first-order valence-electron chi connectivity index (χ1n) is 9.08. The first-order valence-corrected chi connectivity index (χ1v) is 9.08. The van der Waals surface area contributed by atoms with E-state index in [4.69, 9.17) is 9.15 Å². The molecule has 148 valence electrons. The summed E-state index contributed by atoms with van der Waals surface area (Å²) in [5.41, 5.74) is 1.41. The number of halogens is 2. The van der Waals surface area contributed by atoms with Gasteiger partial charge in [0.1, 0.15) is 24.0 Å². The number of rotatable bonds is 10. The van der Waals surface area contributed by atoms with Crippen molar-refractivity contribution in [3.05, 3.63) is 95.4 Å². The zero-order valence-corrected chi connectivity index (χ0v) is 15.4. The van der Waals surface area contributed by atoms with E-state index in [1.807, 2.05) is 35.2 Å². The summed E-state index contributed by atoms with van der Waals surface area (Å²) in [5.74, 6) is -0.523. The number of nitrogens with zero attached hydrogens (tertiary/aromatic N) is 1. The van der Waals surface area contributed by atoms with Crippen LogP contribution in [0.15, 0.2) is 71.3 Å². The van der Waals surface area contributed by atoms with Crippen LogP contribution in [0.25, 0.3) is 0 Å². The molecule has 3 aromatic rings. The summed E-state index contributed by atoms with van der Waals surface area (Å²) in [6, 6.07) is 16.8. The Balaban J connectivity index is 1.61. The average Bonchev–Trinajstić information content (AvgIpc) is 3.18. The van der Waals surface area contributed by atoms with Crippen molar-refractivity contribution in [1.29, 1.82) is 0 Å². The number of hydrogen-bond acceptors (Lipinski definition) is 4. The van der Waals surface area contributed by atoms with Crippen molar-refractivity contribution in [1.82, 2.24) is 4.90 Å². The third kappa shape index (κ3) is 6.27. The molecule has 1 aromatic heterocycles. The Bertz CT molecular complexity index is 840. The monoisotopic (exact) mass is 387 g/mol. The molecule has 0 saturated heterocycles. The third-order valence-electron chi connectivity index (χ3n) is 4.26. The van der Waals surface area contributed by atoms with Gasteiger partial charge in [-0.3, -0.25) is 4.90 Å². The van der Waals surface area contributed by atoms with Crippen molar-refractivity contribution in [2.45, 2.75) is 25.8 Å². The first-order chi connectivity index (χ1) is 13.6. The van der Waals surface area contributed by atoms with Crippen LogP contribution in [0.4, 0.5) is 8.78 Å². The van der Waals surface area contributed by atoms with E-state index in [0.29, 0.717) is 17.9 Å².